The molecule has 1 rings (SSSR count). The van der Waals surface area contributed by atoms with Gasteiger partial charge in [0.05, 0.1) is 10.0 Å². The number of hydrogen-bond acceptors (Lipinski definition) is 2. The lowest BCUT2D eigenvalue weighted by atomic mass is 9.86. The first kappa shape index (κ1) is 18.7. The summed E-state index contributed by atoms with van der Waals surface area (Å²) in [4.78, 5) is -0.294. The van der Waals surface area contributed by atoms with Crippen molar-refractivity contribution < 1.29 is 12.8 Å². The molecule has 0 unspecified atom stereocenters. The summed E-state index contributed by atoms with van der Waals surface area (Å²) in [5.41, 5.74) is 0. The Hall–Kier alpha value is -0.360. The molecule has 1 aromatic rings. The third kappa shape index (κ3) is 4.55. The van der Waals surface area contributed by atoms with Crippen molar-refractivity contribution >= 4 is 33.2 Å². The van der Waals surface area contributed by atoms with E-state index < -0.39 is 20.9 Å². The molecule has 7 heteroatoms. The van der Waals surface area contributed by atoms with Crippen LogP contribution in [0.3, 0.4) is 0 Å². The molecule has 0 saturated carbocycles. The van der Waals surface area contributed by atoms with Gasteiger partial charge in [-0.2, -0.15) is 0 Å². The summed E-state index contributed by atoms with van der Waals surface area (Å²) in [6, 6.07) is 2.38. The first-order valence-electron chi connectivity index (χ1n) is 6.71. The minimum Gasteiger partial charge on any atom is -0.211 e. The van der Waals surface area contributed by atoms with E-state index in [4.69, 9.17) is 23.2 Å². The molecule has 0 amide bonds. The van der Waals surface area contributed by atoms with E-state index in [2.05, 4.69) is 4.72 Å². The fraction of sp³-hybridized carbons (Fsp3) is 0.571. The monoisotopic (exact) mass is 355 g/mol. The number of rotatable bonds is 6. The van der Waals surface area contributed by atoms with Gasteiger partial charge in [-0.1, -0.05) is 50.9 Å². The second-order valence-corrected chi connectivity index (χ2v) is 8.20. The summed E-state index contributed by atoms with van der Waals surface area (Å²) >= 11 is 11.3. The molecular weight excluding hydrogens is 336 g/mol. The summed E-state index contributed by atoms with van der Waals surface area (Å²) in [6.07, 6.45) is 0. The first-order valence-corrected chi connectivity index (χ1v) is 8.95. The van der Waals surface area contributed by atoms with E-state index in [1.807, 2.05) is 27.7 Å². The molecule has 0 bridgehead atoms. The molecule has 0 radical (unpaired) electrons. The predicted molar refractivity (Wildman–Crippen MR) is 84.8 cm³/mol. The summed E-state index contributed by atoms with van der Waals surface area (Å²) < 4.78 is 40.6. The van der Waals surface area contributed by atoms with E-state index in [0.717, 1.165) is 0 Å². The zero-order valence-corrected chi connectivity index (χ0v) is 14.8. The second-order valence-electron chi connectivity index (χ2n) is 5.68. The highest BCUT2D eigenvalue weighted by Crippen LogP contribution is 2.29. The summed E-state index contributed by atoms with van der Waals surface area (Å²) in [5, 5.41) is -0.693. The molecule has 0 saturated heterocycles. The molecule has 0 aliphatic rings. The zero-order valence-electron chi connectivity index (χ0n) is 12.5. The lowest BCUT2D eigenvalue weighted by Crippen LogP contribution is -2.34. The van der Waals surface area contributed by atoms with Crippen LogP contribution in [0.4, 0.5) is 4.39 Å². The fourth-order valence-corrected chi connectivity index (χ4v) is 4.06. The van der Waals surface area contributed by atoms with Crippen LogP contribution >= 0.6 is 23.2 Å². The molecule has 0 aromatic heterocycles. The molecule has 0 aliphatic carbocycles. The molecule has 0 aliphatic heterocycles. The Bertz CT molecular complexity index is 595. The van der Waals surface area contributed by atoms with Crippen molar-refractivity contribution in [2.45, 2.75) is 32.6 Å². The lowest BCUT2D eigenvalue weighted by molar-refractivity contribution is 0.289. The van der Waals surface area contributed by atoms with Gasteiger partial charge in [0.1, 0.15) is 4.90 Å². The van der Waals surface area contributed by atoms with Crippen LogP contribution in [0, 0.1) is 23.6 Å². The molecule has 0 spiro atoms. The standard InChI is InChI=1S/C14H20Cl2FNO2S/c1-8(2)10(9(3)4)7-18-21(19,20)12-6-5-11(15)14(17)13(12)16/h5-6,8-10,18H,7H2,1-4H3. The maximum absolute atomic E-state index is 13.6. The van der Waals surface area contributed by atoms with Crippen molar-refractivity contribution in [3.05, 3.63) is 28.0 Å². The van der Waals surface area contributed by atoms with E-state index in [-0.39, 0.29) is 22.4 Å². The average molecular weight is 356 g/mol. The molecule has 0 heterocycles. The smallest absolute Gasteiger partial charge is 0.211 e. The number of benzene rings is 1. The highest BCUT2D eigenvalue weighted by atomic mass is 35.5. The number of halogens is 3. The van der Waals surface area contributed by atoms with Gasteiger partial charge in [0.2, 0.25) is 10.0 Å². The van der Waals surface area contributed by atoms with Crippen molar-refractivity contribution in [2.75, 3.05) is 6.54 Å². The van der Waals surface area contributed by atoms with E-state index in [9.17, 15) is 12.8 Å². The second kappa shape index (κ2) is 7.27. The Kier molecular flexibility index (Phi) is 6.47. The quantitative estimate of drug-likeness (QED) is 0.771. The largest absolute Gasteiger partial charge is 0.242 e. The van der Waals surface area contributed by atoms with Gasteiger partial charge < -0.3 is 0 Å². The Morgan fingerprint density at radius 2 is 1.67 bits per heavy atom. The SMILES string of the molecule is CC(C)C(CNS(=O)(=O)c1ccc(Cl)c(F)c1Cl)C(C)C. The van der Waals surface area contributed by atoms with Crippen LogP contribution in [0.15, 0.2) is 17.0 Å². The molecule has 0 atom stereocenters. The average Bonchev–Trinajstić information content (AvgIpc) is 2.34. The first-order chi connectivity index (χ1) is 9.58. The Balaban J connectivity index is 3.00. The van der Waals surface area contributed by atoms with E-state index in [1.165, 1.54) is 12.1 Å². The number of sulfonamides is 1. The van der Waals surface area contributed by atoms with Crippen LogP contribution in [0.2, 0.25) is 10.0 Å². The van der Waals surface area contributed by atoms with E-state index in [1.54, 1.807) is 0 Å². The van der Waals surface area contributed by atoms with Crippen LogP contribution in [-0.2, 0) is 10.0 Å². The van der Waals surface area contributed by atoms with Gasteiger partial charge in [0.25, 0.3) is 0 Å². The molecule has 120 valence electrons. The van der Waals surface area contributed by atoms with Crippen LogP contribution < -0.4 is 4.72 Å². The Morgan fingerprint density at radius 3 is 2.14 bits per heavy atom. The van der Waals surface area contributed by atoms with Crippen molar-refractivity contribution in [1.29, 1.82) is 0 Å². The molecule has 1 N–H and O–H groups in total. The van der Waals surface area contributed by atoms with Crippen molar-refractivity contribution in [3.8, 4) is 0 Å². The van der Waals surface area contributed by atoms with Crippen molar-refractivity contribution in [3.63, 3.8) is 0 Å². The molecule has 1 aromatic carbocycles. The fourth-order valence-electron chi connectivity index (χ4n) is 2.24. The lowest BCUT2D eigenvalue weighted by Gasteiger charge is -2.25. The Labute approximate surface area is 135 Å². The normalized spacial score (nSPS) is 12.7. The summed E-state index contributed by atoms with van der Waals surface area (Å²) in [6.45, 7) is 8.42. The van der Waals surface area contributed by atoms with Crippen LogP contribution in [0.5, 0.6) is 0 Å². The van der Waals surface area contributed by atoms with Gasteiger partial charge in [-0.15, -0.1) is 0 Å². The Morgan fingerprint density at radius 1 is 1.14 bits per heavy atom. The number of hydrogen-bond donors (Lipinski definition) is 1. The minimum absolute atomic E-state index is 0.177. The summed E-state index contributed by atoms with van der Waals surface area (Å²) in [7, 11) is -3.87. The van der Waals surface area contributed by atoms with Gasteiger partial charge in [0, 0.05) is 6.54 Å². The third-order valence-corrected chi connectivity index (χ3v) is 5.75. The van der Waals surface area contributed by atoms with Crippen molar-refractivity contribution in [1.82, 2.24) is 4.72 Å². The summed E-state index contributed by atoms with van der Waals surface area (Å²) in [5.74, 6) is -0.101. The van der Waals surface area contributed by atoms with Crippen LogP contribution in [-0.4, -0.2) is 15.0 Å². The maximum atomic E-state index is 13.6. The van der Waals surface area contributed by atoms with Gasteiger partial charge in [-0.05, 0) is 29.9 Å². The van der Waals surface area contributed by atoms with Crippen LogP contribution in [0.1, 0.15) is 27.7 Å². The van der Waals surface area contributed by atoms with E-state index in [0.29, 0.717) is 11.8 Å². The van der Waals surface area contributed by atoms with Gasteiger partial charge in [-0.25, -0.2) is 17.5 Å². The highest BCUT2D eigenvalue weighted by Gasteiger charge is 2.25. The maximum Gasteiger partial charge on any atom is 0.242 e. The van der Waals surface area contributed by atoms with Crippen LogP contribution in [0.25, 0.3) is 0 Å². The topological polar surface area (TPSA) is 46.2 Å². The minimum atomic E-state index is -3.87. The zero-order chi connectivity index (χ0) is 16.4. The third-order valence-electron chi connectivity index (χ3n) is 3.51. The van der Waals surface area contributed by atoms with Gasteiger partial charge in [0.15, 0.2) is 5.82 Å². The molecule has 21 heavy (non-hydrogen) atoms. The van der Waals surface area contributed by atoms with Gasteiger partial charge >= 0.3 is 0 Å². The van der Waals surface area contributed by atoms with Gasteiger partial charge in [-0.3, -0.25) is 0 Å². The molecular formula is C14H20Cl2FNO2S. The molecule has 0 fully saturated rings. The van der Waals surface area contributed by atoms with E-state index >= 15 is 0 Å². The number of nitrogens with one attached hydrogen (secondary N) is 1. The molecule has 3 nitrogen and oxygen atoms in total. The van der Waals surface area contributed by atoms with Crippen molar-refractivity contribution in [2.24, 2.45) is 17.8 Å². The highest BCUT2D eigenvalue weighted by molar-refractivity contribution is 7.89. The predicted octanol–water partition coefficient (Wildman–Crippen LogP) is 4.34.